The summed E-state index contributed by atoms with van der Waals surface area (Å²) >= 11 is 0. The van der Waals surface area contributed by atoms with Crippen LogP contribution in [-0.2, 0) is 4.79 Å². The third kappa shape index (κ3) is 5.09. The first-order valence-corrected chi connectivity index (χ1v) is 7.79. The molecule has 0 radical (unpaired) electrons. The number of hydrogen-bond donors (Lipinski definition) is 0. The van der Waals surface area contributed by atoms with Crippen LogP contribution in [0.3, 0.4) is 0 Å². The average Bonchev–Trinajstić information content (AvgIpc) is 2.61. The summed E-state index contributed by atoms with van der Waals surface area (Å²) in [6.07, 6.45) is 4.36. The van der Waals surface area contributed by atoms with E-state index in [1.165, 1.54) is 6.08 Å². The van der Waals surface area contributed by atoms with Crippen molar-refractivity contribution in [3.05, 3.63) is 65.7 Å². The van der Waals surface area contributed by atoms with E-state index in [0.717, 1.165) is 17.7 Å². The van der Waals surface area contributed by atoms with Gasteiger partial charge in [-0.15, -0.1) is 0 Å². The van der Waals surface area contributed by atoms with Gasteiger partial charge in [0.2, 0.25) is 0 Å². The molecule has 0 aliphatic carbocycles. The Kier molecular flexibility index (Phi) is 6.32. The molecule has 0 heterocycles. The molecule has 0 aliphatic heterocycles. The van der Waals surface area contributed by atoms with Crippen molar-refractivity contribution in [1.29, 1.82) is 0 Å². The average molecular weight is 324 g/mol. The van der Waals surface area contributed by atoms with Crippen LogP contribution in [0.2, 0.25) is 0 Å². The maximum Gasteiger partial charge on any atom is 0.336 e. The molecule has 4 heteroatoms. The number of rotatable bonds is 7. The molecule has 0 atom stereocenters. The van der Waals surface area contributed by atoms with Crippen LogP contribution in [0.15, 0.2) is 54.6 Å². The molecule has 24 heavy (non-hydrogen) atoms. The molecular weight excluding hydrogens is 304 g/mol. The highest BCUT2D eigenvalue weighted by Crippen LogP contribution is 2.15. The van der Waals surface area contributed by atoms with Gasteiger partial charge in [-0.1, -0.05) is 19.1 Å². The maximum atomic E-state index is 11.8. The third-order valence-electron chi connectivity index (χ3n) is 3.40. The molecule has 0 unspecified atom stereocenters. The molecule has 2 aromatic carbocycles. The number of carbonyl (C=O) groups excluding carboxylic acids is 2. The van der Waals surface area contributed by atoms with Crippen molar-refractivity contribution < 1.29 is 19.1 Å². The summed E-state index contributed by atoms with van der Waals surface area (Å²) < 4.78 is 10.3. The zero-order chi connectivity index (χ0) is 17.4. The zero-order valence-corrected chi connectivity index (χ0v) is 13.8. The predicted molar refractivity (Wildman–Crippen MR) is 93.3 cm³/mol. The summed E-state index contributed by atoms with van der Waals surface area (Å²) in [4.78, 5) is 23.6. The highest BCUT2D eigenvalue weighted by molar-refractivity contribution is 5.96. The Morgan fingerprint density at radius 1 is 0.958 bits per heavy atom. The lowest BCUT2D eigenvalue weighted by Crippen LogP contribution is -2.04. The number of hydrogen-bond acceptors (Lipinski definition) is 4. The number of esters is 1. The molecule has 2 rings (SSSR count). The summed E-state index contributed by atoms with van der Waals surface area (Å²) in [7, 11) is 1.60. The predicted octanol–water partition coefficient (Wildman–Crippen LogP) is 4.30. The second kappa shape index (κ2) is 8.67. The fourth-order valence-corrected chi connectivity index (χ4v) is 2.11. The molecule has 0 aromatic heterocycles. The summed E-state index contributed by atoms with van der Waals surface area (Å²) in [5, 5.41) is 0. The van der Waals surface area contributed by atoms with Gasteiger partial charge < -0.3 is 9.47 Å². The highest BCUT2D eigenvalue weighted by atomic mass is 16.5. The van der Waals surface area contributed by atoms with Gasteiger partial charge in [0.15, 0.2) is 5.78 Å². The van der Waals surface area contributed by atoms with Crippen molar-refractivity contribution in [1.82, 2.24) is 0 Å². The van der Waals surface area contributed by atoms with Crippen LogP contribution in [0.25, 0.3) is 6.08 Å². The number of Topliss-reactive ketones (excluding diaryl/α,β-unsaturated/α-hetero) is 1. The van der Waals surface area contributed by atoms with Crippen LogP contribution >= 0.6 is 0 Å². The topological polar surface area (TPSA) is 52.6 Å². The number of benzene rings is 2. The molecule has 2 aromatic rings. The number of ether oxygens (including phenoxy) is 2. The summed E-state index contributed by atoms with van der Waals surface area (Å²) in [6.45, 7) is 1.96. The smallest absolute Gasteiger partial charge is 0.336 e. The van der Waals surface area contributed by atoms with Gasteiger partial charge >= 0.3 is 5.97 Å². The Hall–Kier alpha value is -2.88. The number of methoxy groups -OCH3 is 1. The summed E-state index contributed by atoms with van der Waals surface area (Å²) in [5.74, 6) is 0.785. The number of carbonyl (C=O) groups is 2. The largest absolute Gasteiger partial charge is 0.497 e. The van der Waals surface area contributed by atoms with E-state index in [1.54, 1.807) is 37.5 Å². The van der Waals surface area contributed by atoms with Gasteiger partial charge in [0.1, 0.15) is 11.5 Å². The lowest BCUT2D eigenvalue weighted by atomic mass is 10.1. The minimum absolute atomic E-state index is 0.0924. The Bertz CT molecular complexity index is 712. The van der Waals surface area contributed by atoms with E-state index in [-0.39, 0.29) is 5.78 Å². The Labute approximate surface area is 141 Å². The SMILES string of the molecule is CCCC(=O)c1ccc(OC(=O)/C=C/c2ccc(OC)cc2)cc1. The third-order valence-corrected chi connectivity index (χ3v) is 3.40. The van der Waals surface area contributed by atoms with E-state index in [0.29, 0.717) is 17.7 Å². The van der Waals surface area contributed by atoms with Crippen LogP contribution in [0.5, 0.6) is 11.5 Å². The lowest BCUT2D eigenvalue weighted by molar-refractivity contribution is -0.128. The molecule has 4 nitrogen and oxygen atoms in total. The maximum absolute atomic E-state index is 11.8. The molecule has 0 fully saturated rings. The van der Waals surface area contributed by atoms with Gasteiger partial charge in [-0.3, -0.25) is 4.79 Å². The summed E-state index contributed by atoms with van der Waals surface area (Å²) in [6, 6.07) is 13.9. The van der Waals surface area contributed by atoms with Crippen LogP contribution < -0.4 is 9.47 Å². The molecule has 0 saturated carbocycles. The van der Waals surface area contributed by atoms with Crippen LogP contribution in [0.1, 0.15) is 35.7 Å². The Morgan fingerprint density at radius 2 is 1.58 bits per heavy atom. The van der Waals surface area contributed by atoms with E-state index >= 15 is 0 Å². The van der Waals surface area contributed by atoms with Gasteiger partial charge in [-0.2, -0.15) is 0 Å². The molecule has 124 valence electrons. The van der Waals surface area contributed by atoms with E-state index in [9.17, 15) is 9.59 Å². The lowest BCUT2D eigenvalue weighted by Gasteiger charge is -2.03. The van der Waals surface area contributed by atoms with E-state index < -0.39 is 5.97 Å². The molecule has 0 N–H and O–H groups in total. The van der Waals surface area contributed by atoms with Crippen molar-refractivity contribution in [3.63, 3.8) is 0 Å². The minimum atomic E-state index is -0.474. The fourth-order valence-electron chi connectivity index (χ4n) is 2.11. The second-order valence-electron chi connectivity index (χ2n) is 5.23. The number of ketones is 1. The molecular formula is C20H20O4. The first-order chi connectivity index (χ1) is 11.6. The van der Waals surface area contributed by atoms with Crippen LogP contribution in [-0.4, -0.2) is 18.9 Å². The summed E-state index contributed by atoms with van der Waals surface area (Å²) in [5.41, 5.74) is 1.50. The first kappa shape index (κ1) is 17.5. The Morgan fingerprint density at radius 3 is 2.17 bits per heavy atom. The molecule has 0 bridgehead atoms. The highest BCUT2D eigenvalue weighted by Gasteiger charge is 2.06. The van der Waals surface area contributed by atoms with Gasteiger partial charge in [-0.25, -0.2) is 4.79 Å². The first-order valence-electron chi connectivity index (χ1n) is 7.79. The minimum Gasteiger partial charge on any atom is -0.497 e. The van der Waals surface area contributed by atoms with Crippen LogP contribution in [0, 0.1) is 0 Å². The molecule has 0 saturated heterocycles. The molecule has 0 aliphatic rings. The van der Waals surface area contributed by atoms with E-state index in [4.69, 9.17) is 9.47 Å². The second-order valence-corrected chi connectivity index (χ2v) is 5.23. The molecule has 0 spiro atoms. The van der Waals surface area contributed by atoms with E-state index in [2.05, 4.69) is 0 Å². The van der Waals surface area contributed by atoms with Gasteiger partial charge in [0.25, 0.3) is 0 Å². The molecule has 0 amide bonds. The van der Waals surface area contributed by atoms with Crippen molar-refractivity contribution in [2.24, 2.45) is 0 Å². The van der Waals surface area contributed by atoms with E-state index in [1.807, 2.05) is 31.2 Å². The normalized spacial score (nSPS) is 10.6. The van der Waals surface area contributed by atoms with Gasteiger partial charge in [-0.05, 0) is 54.5 Å². The van der Waals surface area contributed by atoms with Gasteiger partial charge in [0.05, 0.1) is 7.11 Å². The van der Waals surface area contributed by atoms with Gasteiger partial charge in [0, 0.05) is 18.1 Å². The van der Waals surface area contributed by atoms with Crippen molar-refractivity contribution in [2.45, 2.75) is 19.8 Å². The zero-order valence-electron chi connectivity index (χ0n) is 13.8. The Balaban J connectivity index is 1.93. The van der Waals surface area contributed by atoms with Crippen molar-refractivity contribution in [3.8, 4) is 11.5 Å². The standard InChI is InChI=1S/C20H20O4/c1-3-4-19(21)16-8-12-18(13-9-16)24-20(22)14-7-15-5-10-17(23-2)11-6-15/h5-14H,3-4H2,1-2H3/b14-7+. The van der Waals surface area contributed by atoms with Crippen molar-refractivity contribution >= 4 is 17.8 Å². The fraction of sp³-hybridized carbons (Fsp3) is 0.200. The van der Waals surface area contributed by atoms with Crippen LogP contribution in [0.4, 0.5) is 0 Å². The quantitative estimate of drug-likeness (QED) is 0.330. The van der Waals surface area contributed by atoms with Crippen molar-refractivity contribution in [2.75, 3.05) is 7.11 Å². The monoisotopic (exact) mass is 324 g/mol.